The monoisotopic (exact) mass is 250 g/mol. The Hall–Kier alpha value is -0.900. The second-order valence-electron chi connectivity index (χ2n) is 4.93. The lowest BCUT2D eigenvalue weighted by Crippen LogP contribution is -2.39. The van der Waals surface area contributed by atoms with E-state index in [1.54, 1.807) is 0 Å². The number of benzene rings is 1. The van der Waals surface area contributed by atoms with Crippen LogP contribution in [0.15, 0.2) is 30.3 Å². The van der Waals surface area contributed by atoms with Gasteiger partial charge < -0.3 is 14.6 Å². The predicted molar refractivity (Wildman–Crippen MR) is 70.2 cm³/mol. The molecule has 0 unspecified atom stereocenters. The van der Waals surface area contributed by atoms with Crippen molar-refractivity contribution in [3.05, 3.63) is 35.9 Å². The molecule has 1 aliphatic heterocycles. The van der Waals surface area contributed by atoms with Gasteiger partial charge in [-0.25, -0.2) is 0 Å². The zero-order valence-electron chi connectivity index (χ0n) is 10.9. The van der Waals surface area contributed by atoms with Crippen molar-refractivity contribution in [2.45, 2.75) is 38.6 Å². The minimum atomic E-state index is -0.242. The molecule has 0 saturated carbocycles. The summed E-state index contributed by atoms with van der Waals surface area (Å²) in [7, 11) is 0. The maximum absolute atomic E-state index is 9.92. The third-order valence-corrected chi connectivity index (χ3v) is 3.53. The minimum absolute atomic E-state index is 0.0338. The molecule has 0 aromatic heterocycles. The van der Waals surface area contributed by atoms with Crippen LogP contribution in [-0.4, -0.2) is 30.5 Å². The molecule has 100 valence electrons. The molecule has 1 saturated heterocycles. The molecule has 2 rings (SSSR count). The van der Waals surface area contributed by atoms with Gasteiger partial charge in [-0.15, -0.1) is 0 Å². The Balaban J connectivity index is 1.69. The van der Waals surface area contributed by atoms with Gasteiger partial charge in [-0.3, -0.25) is 0 Å². The Morgan fingerprint density at radius 2 is 2.11 bits per heavy atom. The second-order valence-corrected chi connectivity index (χ2v) is 4.93. The number of aliphatic hydroxyl groups is 1. The summed E-state index contributed by atoms with van der Waals surface area (Å²) in [5.41, 5.74) is 1.17. The highest BCUT2D eigenvalue weighted by atomic mass is 16.5. The van der Waals surface area contributed by atoms with Crippen LogP contribution in [0.5, 0.6) is 0 Å². The van der Waals surface area contributed by atoms with Crippen molar-refractivity contribution in [3.63, 3.8) is 0 Å². The van der Waals surface area contributed by atoms with Crippen LogP contribution in [0, 0.1) is 5.92 Å². The molecular formula is C15H22O3. The van der Waals surface area contributed by atoms with Gasteiger partial charge >= 0.3 is 0 Å². The Morgan fingerprint density at radius 3 is 2.78 bits per heavy atom. The van der Waals surface area contributed by atoms with E-state index in [-0.39, 0.29) is 18.1 Å². The molecule has 3 atom stereocenters. The summed E-state index contributed by atoms with van der Waals surface area (Å²) in [4.78, 5) is 0. The minimum Gasteiger partial charge on any atom is -0.393 e. The molecule has 18 heavy (non-hydrogen) atoms. The quantitative estimate of drug-likeness (QED) is 0.872. The molecule has 3 nitrogen and oxygen atoms in total. The van der Waals surface area contributed by atoms with E-state index in [2.05, 4.69) is 6.92 Å². The van der Waals surface area contributed by atoms with Gasteiger partial charge in [0.25, 0.3) is 0 Å². The van der Waals surface area contributed by atoms with E-state index in [0.717, 1.165) is 6.42 Å². The smallest absolute Gasteiger partial charge is 0.0833 e. The zero-order valence-corrected chi connectivity index (χ0v) is 10.9. The van der Waals surface area contributed by atoms with Crippen LogP contribution in [0.2, 0.25) is 0 Å². The summed E-state index contributed by atoms with van der Waals surface area (Å²) in [6.07, 6.45) is 1.45. The van der Waals surface area contributed by atoms with Crippen LogP contribution in [0.25, 0.3) is 0 Å². The second kappa shape index (κ2) is 6.88. The molecule has 1 aromatic carbocycles. The molecule has 0 amide bonds. The molecule has 0 radical (unpaired) electrons. The Labute approximate surface area is 109 Å². The van der Waals surface area contributed by atoms with E-state index < -0.39 is 0 Å². The van der Waals surface area contributed by atoms with Crippen molar-refractivity contribution in [2.75, 3.05) is 13.2 Å². The van der Waals surface area contributed by atoms with Crippen molar-refractivity contribution in [1.29, 1.82) is 0 Å². The Kier molecular flexibility index (Phi) is 5.17. The summed E-state index contributed by atoms with van der Waals surface area (Å²) < 4.78 is 11.3. The van der Waals surface area contributed by atoms with Gasteiger partial charge in [-0.1, -0.05) is 37.3 Å². The highest BCUT2D eigenvalue weighted by molar-refractivity contribution is 5.13. The zero-order chi connectivity index (χ0) is 12.8. The normalized spacial score (nSPS) is 28.2. The first-order valence-corrected chi connectivity index (χ1v) is 6.71. The van der Waals surface area contributed by atoms with Crippen LogP contribution in [0.3, 0.4) is 0 Å². The van der Waals surface area contributed by atoms with E-state index in [4.69, 9.17) is 9.47 Å². The van der Waals surface area contributed by atoms with Crippen molar-refractivity contribution >= 4 is 0 Å². The number of ether oxygens (including phenoxy) is 2. The lowest BCUT2D eigenvalue weighted by Gasteiger charge is -2.32. The van der Waals surface area contributed by atoms with E-state index in [1.807, 2.05) is 30.3 Å². The molecule has 1 aromatic rings. The van der Waals surface area contributed by atoms with Crippen LogP contribution >= 0.6 is 0 Å². The molecule has 1 heterocycles. The van der Waals surface area contributed by atoms with Crippen molar-refractivity contribution < 1.29 is 14.6 Å². The van der Waals surface area contributed by atoms with Gasteiger partial charge in [0, 0.05) is 12.3 Å². The van der Waals surface area contributed by atoms with Crippen LogP contribution in [-0.2, 0) is 16.1 Å². The van der Waals surface area contributed by atoms with Gasteiger partial charge in [0.2, 0.25) is 0 Å². The lowest BCUT2D eigenvalue weighted by molar-refractivity contribution is -0.111. The van der Waals surface area contributed by atoms with E-state index in [9.17, 15) is 5.11 Å². The molecule has 0 bridgehead atoms. The van der Waals surface area contributed by atoms with Crippen molar-refractivity contribution in [2.24, 2.45) is 5.92 Å². The fourth-order valence-electron chi connectivity index (χ4n) is 2.29. The van der Waals surface area contributed by atoms with E-state index >= 15 is 0 Å². The average Bonchev–Trinajstić information content (AvgIpc) is 2.40. The van der Waals surface area contributed by atoms with Crippen molar-refractivity contribution in [3.8, 4) is 0 Å². The highest BCUT2D eigenvalue weighted by Gasteiger charge is 2.28. The average molecular weight is 250 g/mol. The first-order chi connectivity index (χ1) is 8.79. The fraction of sp³-hybridized carbons (Fsp3) is 0.600. The SMILES string of the molecule is CC[C@@H]1CO[C@@H](COCc2ccccc2)C[C@H]1O. The van der Waals surface area contributed by atoms with Gasteiger partial charge in [0.1, 0.15) is 0 Å². The van der Waals surface area contributed by atoms with Gasteiger partial charge in [-0.2, -0.15) is 0 Å². The van der Waals surface area contributed by atoms with Gasteiger partial charge in [-0.05, 0) is 12.0 Å². The summed E-state index contributed by atoms with van der Waals surface area (Å²) in [6, 6.07) is 10.1. The summed E-state index contributed by atoms with van der Waals surface area (Å²) >= 11 is 0. The highest BCUT2D eigenvalue weighted by Crippen LogP contribution is 2.22. The molecule has 3 heteroatoms. The predicted octanol–water partition coefficient (Wildman–Crippen LogP) is 2.38. The summed E-state index contributed by atoms with van der Waals surface area (Å²) in [6.45, 7) is 3.90. The fourth-order valence-corrected chi connectivity index (χ4v) is 2.29. The number of aliphatic hydroxyl groups excluding tert-OH is 1. The van der Waals surface area contributed by atoms with Gasteiger partial charge in [0.15, 0.2) is 0 Å². The summed E-state index contributed by atoms with van der Waals surface area (Å²) in [5.74, 6) is 0.287. The lowest BCUT2D eigenvalue weighted by atomic mass is 9.93. The van der Waals surface area contributed by atoms with Crippen molar-refractivity contribution in [1.82, 2.24) is 0 Å². The topological polar surface area (TPSA) is 38.7 Å². The van der Waals surface area contributed by atoms with E-state index in [1.165, 1.54) is 5.56 Å². The van der Waals surface area contributed by atoms with E-state index in [0.29, 0.717) is 26.2 Å². The maximum atomic E-state index is 9.92. The molecule has 1 fully saturated rings. The third-order valence-electron chi connectivity index (χ3n) is 3.53. The largest absolute Gasteiger partial charge is 0.393 e. The number of rotatable bonds is 5. The molecule has 1 aliphatic rings. The Bertz CT molecular complexity index is 339. The first-order valence-electron chi connectivity index (χ1n) is 6.71. The standard InChI is InChI=1S/C15H22O3/c1-2-13-10-18-14(8-15(13)16)11-17-9-12-6-4-3-5-7-12/h3-7,13-16H,2,8-11H2,1H3/t13-,14-,15-/m1/s1. The summed E-state index contributed by atoms with van der Waals surface area (Å²) in [5, 5.41) is 9.92. The first kappa shape index (κ1) is 13.5. The number of hydrogen-bond donors (Lipinski definition) is 1. The van der Waals surface area contributed by atoms with Crippen LogP contribution in [0.4, 0.5) is 0 Å². The maximum Gasteiger partial charge on any atom is 0.0833 e. The molecule has 0 spiro atoms. The molecular weight excluding hydrogens is 228 g/mol. The van der Waals surface area contributed by atoms with Gasteiger partial charge in [0.05, 0.1) is 32.0 Å². The molecule has 0 aliphatic carbocycles. The number of hydrogen-bond acceptors (Lipinski definition) is 3. The van der Waals surface area contributed by atoms with Crippen LogP contribution in [0.1, 0.15) is 25.3 Å². The third kappa shape index (κ3) is 3.80. The molecule has 1 N–H and O–H groups in total. The Morgan fingerprint density at radius 1 is 1.33 bits per heavy atom. The van der Waals surface area contributed by atoms with Crippen LogP contribution < -0.4 is 0 Å².